The molecule has 0 atom stereocenters. The molecule has 0 radical (unpaired) electrons. The fraction of sp³-hybridized carbons (Fsp3) is 0.385. The van der Waals surface area contributed by atoms with Gasteiger partial charge in [0.2, 0.25) is 0 Å². The Hall–Kier alpha value is -1.46. The number of aromatic nitrogens is 2. The van der Waals surface area contributed by atoms with Crippen LogP contribution in [-0.2, 0) is 13.1 Å². The fourth-order valence-corrected chi connectivity index (χ4v) is 2.50. The van der Waals surface area contributed by atoms with Gasteiger partial charge in [0.15, 0.2) is 0 Å². The Bertz CT molecular complexity index is 509. The zero-order valence-electron chi connectivity index (χ0n) is 11.0. The number of nitrogens with zero attached hydrogens (tertiary/aromatic N) is 3. The zero-order chi connectivity index (χ0) is 13.0. The predicted octanol–water partition coefficient (Wildman–Crippen LogP) is 2.52. The first-order valence-electron chi connectivity index (χ1n) is 5.90. The number of rotatable bonds is 5. The van der Waals surface area contributed by atoms with Crippen molar-refractivity contribution in [3.05, 3.63) is 40.0 Å². The van der Waals surface area contributed by atoms with Gasteiger partial charge in [-0.2, -0.15) is 0 Å². The molecule has 0 bridgehead atoms. The SMILES string of the molecule is CNc1ncccc1CN(C)Cc1csc(C)n1. The van der Waals surface area contributed by atoms with E-state index in [4.69, 9.17) is 0 Å². The maximum absolute atomic E-state index is 4.48. The molecule has 2 rings (SSSR count). The molecule has 0 unspecified atom stereocenters. The summed E-state index contributed by atoms with van der Waals surface area (Å²) in [4.78, 5) is 11.0. The van der Waals surface area contributed by atoms with Crippen LogP contribution < -0.4 is 5.32 Å². The van der Waals surface area contributed by atoms with Gasteiger partial charge < -0.3 is 5.32 Å². The maximum Gasteiger partial charge on any atom is 0.130 e. The first-order valence-corrected chi connectivity index (χ1v) is 6.78. The van der Waals surface area contributed by atoms with E-state index in [1.807, 2.05) is 20.0 Å². The third-order valence-corrected chi connectivity index (χ3v) is 3.49. The molecule has 0 aliphatic heterocycles. The Kier molecular flexibility index (Phi) is 4.28. The lowest BCUT2D eigenvalue weighted by atomic mass is 10.2. The van der Waals surface area contributed by atoms with E-state index in [2.05, 4.69) is 38.7 Å². The minimum Gasteiger partial charge on any atom is -0.373 e. The van der Waals surface area contributed by atoms with Crippen LogP contribution in [0.25, 0.3) is 0 Å². The minimum absolute atomic E-state index is 0.862. The number of hydrogen-bond donors (Lipinski definition) is 1. The van der Waals surface area contributed by atoms with Crippen LogP contribution in [0.3, 0.4) is 0 Å². The molecular formula is C13H18N4S. The molecular weight excluding hydrogens is 244 g/mol. The van der Waals surface area contributed by atoms with Crippen molar-refractivity contribution < 1.29 is 0 Å². The topological polar surface area (TPSA) is 41.1 Å². The summed E-state index contributed by atoms with van der Waals surface area (Å²) in [6, 6.07) is 4.07. The van der Waals surface area contributed by atoms with Gasteiger partial charge in [0.05, 0.1) is 10.7 Å². The number of hydrogen-bond acceptors (Lipinski definition) is 5. The molecule has 0 amide bonds. The lowest BCUT2D eigenvalue weighted by molar-refractivity contribution is 0.316. The Morgan fingerprint density at radius 3 is 2.89 bits per heavy atom. The smallest absolute Gasteiger partial charge is 0.130 e. The van der Waals surface area contributed by atoms with Crippen LogP contribution in [0.4, 0.5) is 5.82 Å². The number of aryl methyl sites for hydroxylation is 1. The maximum atomic E-state index is 4.48. The predicted molar refractivity (Wildman–Crippen MR) is 75.8 cm³/mol. The molecule has 2 aromatic heterocycles. The van der Waals surface area contributed by atoms with E-state index >= 15 is 0 Å². The molecule has 5 heteroatoms. The van der Waals surface area contributed by atoms with Crippen LogP contribution in [0.15, 0.2) is 23.7 Å². The lowest BCUT2D eigenvalue weighted by Crippen LogP contribution is -2.18. The molecule has 0 saturated carbocycles. The molecule has 96 valence electrons. The van der Waals surface area contributed by atoms with E-state index < -0.39 is 0 Å². The summed E-state index contributed by atoms with van der Waals surface area (Å²) < 4.78 is 0. The zero-order valence-corrected chi connectivity index (χ0v) is 11.8. The summed E-state index contributed by atoms with van der Waals surface area (Å²) in [6.45, 7) is 3.76. The van der Waals surface area contributed by atoms with Gasteiger partial charge in [-0.1, -0.05) is 6.07 Å². The van der Waals surface area contributed by atoms with Crippen molar-refractivity contribution in [3.8, 4) is 0 Å². The highest BCUT2D eigenvalue weighted by molar-refractivity contribution is 7.09. The first-order chi connectivity index (χ1) is 8.69. The van der Waals surface area contributed by atoms with Crippen molar-refractivity contribution in [2.24, 2.45) is 0 Å². The Morgan fingerprint density at radius 1 is 1.39 bits per heavy atom. The van der Waals surface area contributed by atoms with Gasteiger partial charge in [0.1, 0.15) is 5.82 Å². The van der Waals surface area contributed by atoms with Crippen LogP contribution in [0.5, 0.6) is 0 Å². The molecule has 0 aliphatic rings. The van der Waals surface area contributed by atoms with Gasteiger partial charge in [-0.3, -0.25) is 4.90 Å². The van der Waals surface area contributed by atoms with Crippen LogP contribution >= 0.6 is 11.3 Å². The summed E-state index contributed by atoms with van der Waals surface area (Å²) in [5, 5.41) is 6.36. The third-order valence-electron chi connectivity index (χ3n) is 2.67. The average Bonchev–Trinajstić information content (AvgIpc) is 2.75. The van der Waals surface area contributed by atoms with Crippen LogP contribution in [0.1, 0.15) is 16.3 Å². The minimum atomic E-state index is 0.862. The number of anilines is 1. The van der Waals surface area contributed by atoms with Gasteiger partial charge >= 0.3 is 0 Å². The van der Waals surface area contributed by atoms with Crippen LogP contribution in [-0.4, -0.2) is 29.0 Å². The Balaban J connectivity index is 2.00. The van der Waals surface area contributed by atoms with Crippen LogP contribution in [0, 0.1) is 6.92 Å². The molecule has 4 nitrogen and oxygen atoms in total. The monoisotopic (exact) mass is 262 g/mol. The molecule has 2 aromatic rings. The van der Waals surface area contributed by atoms with E-state index in [0.717, 1.165) is 29.6 Å². The van der Waals surface area contributed by atoms with Gasteiger partial charge in [0.25, 0.3) is 0 Å². The number of pyridine rings is 1. The molecule has 2 heterocycles. The summed E-state index contributed by atoms with van der Waals surface area (Å²) in [5.41, 5.74) is 2.34. The van der Waals surface area contributed by atoms with Crippen LogP contribution in [0.2, 0.25) is 0 Å². The highest BCUT2D eigenvalue weighted by atomic mass is 32.1. The highest BCUT2D eigenvalue weighted by Gasteiger charge is 2.07. The normalized spacial score (nSPS) is 10.9. The van der Waals surface area contributed by atoms with Crippen molar-refractivity contribution >= 4 is 17.2 Å². The molecule has 0 saturated heterocycles. The van der Waals surface area contributed by atoms with E-state index in [1.165, 1.54) is 5.56 Å². The first kappa shape index (κ1) is 13.0. The highest BCUT2D eigenvalue weighted by Crippen LogP contribution is 2.15. The quantitative estimate of drug-likeness (QED) is 0.899. The second-order valence-electron chi connectivity index (χ2n) is 4.29. The largest absolute Gasteiger partial charge is 0.373 e. The van der Waals surface area contributed by atoms with Gasteiger partial charge in [0, 0.05) is 37.3 Å². The van der Waals surface area contributed by atoms with Gasteiger partial charge in [-0.15, -0.1) is 11.3 Å². The van der Waals surface area contributed by atoms with E-state index in [9.17, 15) is 0 Å². The average molecular weight is 262 g/mol. The lowest BCUT2D eigenvalue weighted by Gasteiger charge is -2.17. The summed E-state index contributed by atoms with van der Waals surface area (Å²) in [7, 11) is 4.00. The second kappa shape index (κ2) is 5.93. The van der Waals surface area contributed by atoms with Crippen molar-refractivity contribution in [1.29, 1.82) is 0 Å². The van der Waals surface area contributed by atoms with Gasteiger partial charge in [-0.25, -0.2) is 9.97 Å². The van der Waals surface area contributed by atoms with Crippen molar-refractivity contribution in [1.82, 2.24) is 14.9 Å². The number of nitrogens with one attached hydrogen (secondary N) is 1. The second-order valence-corrected chi connectivity index (χ2v) is 5.35. The van der Waals surface area contributed by atoms with E-state index in [0.29, 0.717) is 0 Å². The Labute approximate surface area is 112 Å². The summed E-state index contributed by atoms with van der Waals surface area (Å²) in [5.74, 6) is 0.943. The molecule has 0 spiro atoms. The van der Waals surface area contributed by atoms with Gasteiger partial charge in [-0.05, 0) is 20.0 Å². The van der Waals surface area contributed by atoms with Crippen molar-refractivity contribution in [3.63, 3.8) is 0 Å². The molecule has 0 aromatic carbocycles. The van der Waals surface area contributed by atoms with E-state index in [1.54, 1.807) is 17.5 Å². The standard InChI is InChI=1S/C13H18N4S/c1-10-16-12(9-18-10)8-17(3)7-11-5-4-6-15-13(11)14-2/h4-6,9H,7-8H2,1-3H3,(H,14,15). The van der Waals surface area contributed by atoms with E-state index in [-0.39, 0.29) is 0 Å². The Morgan fingerprint density at radius 2 is 2.22 bits per heavy atom. The molecule has 1 N–H and O–H groups in total. The summed E-state index contributed by atoms with van der Waals surface area (Å²) in [6.07, 6.45) is 1.80. The molecule has 18 heavy (non-hydrogen) atoms. The summed E-state index contributed by atoms with van der Waals surface area (Å²) >= 11 is 1.70. The third kappa shape index (κ3) is 3.27. The molecule has 0 fully saturated rings. The fourth-order valence-electron chi connectivity index (χ4n) is 1.90. The molecule has 0 aliphatic carbocycles. The van der Waals surface area contributed by atoms with Crippen molar-refractivity contribution in [2.75, 3.05) is 19.4 Å². The number of thiazole rings is 1. The van der Waals surface area contributed by atoms with Crippen molar-refractivity contribution in [2.45, 2.75) is 20.0 Å².